The molecule has 20 heavy (non-hydrogen) atoms. The molecule has 1 atom stereocenters. The molecule has 0 unspecified atom stereocenters. The van der Waals surface area contributed by atoms with E-state index in [-0.39, 0.29) is 0 Å². The van der Waals surface area contributed by atoms with E-state index < -0.39 is 12.0 Å². The van der Waals surface area contributed by atoms with Crippen LogP contribution in [0.1, 0.15) is 18.1 Å². The molecule has 104 valence electrons. The predicted molar refractivity (Wildman–Crippen MR) is 80.0 cm³/mol. The first-order valence-corrected chi connectivity index (χ1v) is 6.72. The Bertz CT molecular complexity index is 578. The highest BCUT2D eigenvalue weighted by molar-refractivity contribution is 6.30. The van der Waals surface area contributed by atoms with E-state index in [4.69, 9.17) is 22.1 Å². The molecule has 0 bridgehead atoms. The number of carbonyl (C=O) groups excluding carboxylic acids is 1. The van der Waals surface area contributed by atoms with Gasteiger partial charge < -0.3 is 10.5 Å². The van der Waals surface area contributed by atoms with Gasteiger partial charge in [0.25, 0.3) is 5.91 Å². The van der Waals surface area contributed by atoms with Gasteiger partial charge in [0.1, 0.15) is 5.75 Å². The Kier molecular flexibility index (Phi) is 4.64. The zero-order chi connectivity index (χ0) is 14.5. The highest BCUT2D eigenvalue weighted by atomic mass is 35.5. The summed E-state index contributed by atoms with van der Waals surface area (Å²) in [6, 6.07) is 15.4. The fourth-order valence-corrected chi connectivity index (χ4v) is 1.91. The van der Waals surface area contributed by atoms with Crippen LogP contribution in [0.2, 0.25) is 5.02 Å². The van der Waals surface area contributed by atoms with Crippen molar-refractivity contribution in [2.75, 3.05) is 0 Å². The smallest absolute Gasteiger partial charge is 0.258 e. The zero-order valence-corrected chi connectivity index (χ0v) is 11.9. The number of hydrogen-bond donors (Lipinski definition) is 1. The van der Waals surface area contributed by atoms with Crippen LogP contribution in [0.25, 0.3) is 0 Å². The third kappa shape index (κ3) is 4.00. The van der Waals surface area contributed by atoms with Crippen LogP contribution in [0, 0.1) is 0 Å². The van der Waals surface area contributed by atoms with Crippen LogP contribution in [-0.2, 0) is 11.2 Å². The fourth-order valence-electron chi connectivity index (χ4n) is 1.79. The van der Waals surface area contributed by atoms with Crippen molar-refractivity contribution < 1.29 is 9.53 Å². The Morgan fingerprint density at radius 3 is 2.10 bits per heavy atom. The normalized spacial score (nSPS) is 11.9. The maximum Gasteiger partial charge on any atom is 0.258 e. The third-order valence-corrected chi connectivity index (χ3v) is 3.21. The Hall–Kier alpha value is -2.00. The van der Waals surface area contributed by atoms with Gasteiger partial charge in [-0.15, -0.1) is 0 Å². The van der Waals surface area contributed by atoms with Crippen molar-refractivity contribution in [2.24, 2.45) is 5.73 Å². The Balaban J connectivity index is 2.01. The number of benzene rings is 2. The maximum absolute atomic E-state index is 10.9. The van der Waals surface area contributed by atoms with Gasteiger partial charge in [0, 0.05) is 5.02 Å². The first-order valence-electron chi connectivity index (χ1n) is 6.34. The van der Waals surface area contributed by atoms with Crippen molar-refractivity contribution >= 4 is 17.5 Å². The summed E-state index contributed by atoms with van der Waals surface area (Å²) in [6.45, 7) is 1.63. The highest BCUT2D eigenvalue weighted by Gasteiger charge is 2.09. The monoisotopic (exact) mass is 289 g/mol. The molecule has 4 heteroatoms. The molecule has 0 saturated heterocycles. The Morgan fingerprint density at radius 1 is 1.10 bits per heavy atom. The molecule has 3 nitrogen and oxygen atoms in total. The molecule has 0 aromatic heterocycles. The molecule has 0 radical (unpaired) electrons. The minimum Gasteiger partial charge on any atom is -0.481 e. The molecular weight excluding hydrogens is 274 g/mol. The van der Waals surface area contributed by atoms with E-state index in [0.717, 1.165) is 17.0 Å². The average Bonchev–Trinajstić information content (AvgIpc) is 2.43. The number of primary amides is 1. The second-order valence-electron chi connectivity index (χ2n) is 4.61. The van der Waals surface area contributed by atoms with Crippen LogP contribution in [0.3, 0.4) is 0 Å². The molecule has 2 rings (SSSR count). The van der Waals surface area contributed by atoms with Crippen LogP contribution in [0.5, 0.6) is 5.75 Å². The van der Waals surface area contributed by atoms with Gasteiger partial charge in [0.15, 0.2) is 6.10 Å². The maximum atomic E-state index is 10.9. The highest BCUT2D eigenvalue weighted by Crippen LogP contribution is 2.17. The molecule has 0 heterocycles. The third-order valence-electron chi connectivity index (χ3n) is 2.96. The van der Waals surface area contributed by atoms with E-state index in [2.05, 4.69) is 0 Å². The molecule has 2 aromatic rings. The summed E-state index contributed by atoms with van der Waals surface area (Å²) in [5.74, 6) is 0.159. The van der Waals surface area contributed by atoms with Gasteiger partial charge in [-0.25, -0.2) is 0 Å². The SMILES string of the molecule is C[C@H](Oc1ccc(Cc2ccc(Cl)cc2)cc1)C(N)=O. The number of nitrogens with two attached hydrogens (primary N) is 1. The van der Waals surface area contributed by atoms with Gasteiger partial charge in [-0.1, -0.05) is 35.9 Å². The van der Waals surface area contributed by atoms with E-state index >= 15 is 0 Å². The zero-order valence-electron chi connectivity index (χ0n) is 11.2. The molecule has 0 spiro atoms. The van der Waals surface area contributed by atoms with Crippen LogP contribution in [0.4, 0.5) is 0 Å². The van der Waals surface area contributed by atoms with Crippen LogP contribution >= 0.6 is 11.6 Å². The van der Waals surface area contributed by atoms with Crippen molar-refractivity contribution in [1.82, 2.24) is 0 Å². The lowest BCUT2D eigenvalue weighted by Crippen LogP contribution is -2.30. The van der Waals surface area contributed by atoms with Gasteiger partial charge in [0.2, 0.25) is 0 Å². The second-order valence-corrected chi connectivity index (χ2v) is 5.05. The van der Waals surface area contributed by atoms with Gasteiger partial charge in [-0.05, 0) is 48.7 Å². The van der Waals surface area contributed by atoms with E-state index in [1.165, 1.54) is 5.56 Å². The van der Waals surface area contributed by atoms with Crippen molar-refractivity contribution in [3.63, 3.8) is 0 Å². The summed E-state index contributed by atoms with van der Waals surface area (Å²) >= 11 is 5.86. The summed E-state index contributed by atoms with van der Waals surface area (Å²) in [4.78, 5) is 10.9. The van der Waals surface area contributed by atoms with E-state index in [1.807, 2.05) is 48.5 Å². The number of amides is 1. The number of ether oxygens (including phenoxy) is 1. The van der Waals surface area contributed by atoms with Gasteiger partial charge in [0.05, 0.1) is 0 Å². The van der Waals surface area contributed by atoms with Crippen LogP contribution in [-0.4, -0.2) is 12.0 Å². The van der Waals surface area contributed by atoms with Crippen molar-refractivity contribution in [1.29, 1.82) is 0 Å². The van der Waals surface area contributed by atoms with Crippen LogP contribution < -0.4 is 10.5 Å². The van der Waals surface area contributed by atoms with Crippen molar-refractivity contribution in [3.8, 4) is 5.75 Å². The molecule has 0 saturated carbocycles. The first-order chi connectivity index (χ1) is 9.54. The number of carbonyl (C=O) groups is 1. The Morgan fingerprint density at radius 2 is 1.60 bits per heavy atom. The van der Waals surface area contributed by atoms with E-state index in [1.54, 1.807) is 6.92 Å². The summed E-state index contributed by atoms with van der Waals surface area (Å²) in [5, 5.41) is 0.734. The van der Waals surface area contributed by atoms with Crippen molar-refractivity contribution in [3.05, 3.63) is 64.7 Å². The van der Waals surface area contributed by atoms with Gasteiger partial charge in [-0.2, -0.15) is 0 Å². The number of halogens is 1. The molecule has 2 N–H and O–H groups in total. The second kappa shape index (κ2) is 6.44. The number of hydrogen-bond acceptors (Lipinski definition) is 2. The molecule has 0 fully saturated rings. The van der Waals surface area contributed by atoms with Crippen molar-refractivity contribution in [2.45, 2.75) is 19.4 Å². The first kappa shape index (κ1) is 14.4. The Labute approximate surface area is 123 Å². The lowest BCUT2D eigenvalue weighted by atomic mass is 10.1. The largest absolute Gasteiger partial charge is 0.481 e. The number of rotatable bonds is 5. The summed E-state index contributed by atoms with van der Waals surface area (Å²) in [5.41, 5.74) is 7.50. The van der Waals surface area contributed by atoms with Gasteiger partial charge >= 0.3 is 0 Å². The fraction of sp³-hybridized carbons (Fsp3) is 0.188. The molecular formula is C16H16ClNO2. The quantitative estimate of drug-likeness (QED) is 0.919. The lowest BCUT2D eigenvalue weighted by Gasteiger charge is -2.11. The molecule has 0 aliphatic carbocycles. The predicted octanol–water partition coefficient (Wildman–Crippen LogP) is 3.18. The molecule has 0 aliphatic heterocycles. The van der Waals surface area contributed by atoms with Crippen LogP contribution in [0.15, 0.2) is 48.5 Å². The minimum atomic E-state index is -0.628. The minimum absolute atomic E-state index is 0.477. The molecule has 1 amide bonds. The van der Waals surface area contributed by atoms with E-state index in [0.29, 0.717) is 5.75 Å². The summed E-state index contributed by atoms with van der Waals surface area (Å²) in [7, 11) is 0. The van der Waals surface area contributed by atoms with Gasteiger partial charge in [-0.3, -0.25) is 4.79 Å². The van der Waals surface area contributed by atoms with E-state index in [9.17, 15) is 4.79 Å². The summed E-state index contributed by atoms with van der Waals surface area (Å²) < 4.78 is 5.40. The summed E-state index contributed by atoms with van der Waals surface area (Å²) in [6.07, 6.45) is 0.195. The standard InChI is InChI=1S/C16H16ClNO2/c1-11(16(18)19)20-15-8-4-13(5-9-15)10-12-2-6-14(17)7-3-12/h2-9,11H,10H2,1H3,(H2,18,19)/t11-/m0/s1. The molecule has 2 aromatic carbocycles. The lowest BCUT2D eigenvalue weighted by molar-refractivity contribution is -0.123. The molecule has 0 aliphatic rings. The average molecular weight is 290 g/mol. The topological polar surface area (TPSA) is 52.3 Å².